The second kappa shape index (κ2) is 11.5. The molecule has 6 rings (SSSR count). The lowest BCUT2D eigenvalue weighted by molar-refractivity contribution is 0.420. The Bertz CT molecular complexity index is 1630. The summed E-state index contributed by atoms with van der Waals surface area (Å²) in [5, 5.41) is 7.38. The van der Waals surface area contributed by atoms with Crippen LogP contribution in [0.3, 0.4) is 0 Å². The quantitative estimate of drug-likeness (QED) is 0.296. The van der Waals surface area contributed by atoms with Crippen molar-refractivity contribution in [3.63, 3.8) is 0 Å². The summed E-state index contributed by atoms with van der Waals surface area (Å²) in [4.78, 5) is 11.8. The summed E-state index contributed by atoms with van der Waals surface area (Å²) < 4.78 is 36.8. The van der Waals surface area contributed by atoms with Crippen molar-refractivity contribution in [2.24, 2.45) is 7.05 Å². The first-order valence-electron chi connectivity index (χ1n) is 14.2. The smallest absolute Gasteiger partial charge is 0.267 e. The standard InChI is InChI=1S/C30H35N7O3S/c1-3-25-28(27-10-5-4-9-26(27)21-7-6-8-21)33-30(35-41(38,39)24-19-32-36(2)20-24)34-29(25)40-23-13-11-22(12-14-23)37-17-15-31-16-18-37/h4-5,9-14,19-21,31H,3,6-8,15-18H2,1-2H3,(H,33,34,35). The maximum Gasteiger partial charge on any atom is 0.267 e. The number of anilines is 2. The average molecular weight is 574 g/mol. The molecule has 1 aliphatic carbocycles. The zero-order valence-corrected chi connectivity index (χ0v) is 24.2. The number of sulfonamides is 1. The van der Waals surface area contributed by atoms with Crippen molar-refractivity contribution < 1.29 is 13.2 Å². The van der Waals surface area contributed by atoms with Crippen LogP contribution in [0.2, 0.25) is 0 Å². The van der Waals surface area contributed by atoms with Gasteiger partial charge in [0.15, 0.2) is 0 Å². The van der Waals surface area contributed by atoms with Crippen LogP contribution in [-0.2, 0) is 23.5 Å². The van der Waals surface area contributed by atoms with Crippen LogP contribution in [0.15, 0.2) is 65.8 Å². The van der Waals surface area contributed by atoms with Crippen molar-refractivity contribution in [3.8, 4) is 22.9 Å². The van der Waals surface area contributed by atoms with Gasteiger partial charge in [0.25, 0.3) is 10.0 Å². The maximum absolute atomic E-state index is 13.2. The summed E-state index contributed by atoms with van der Waals surface area (Å²) in [7, 11) is -2.30. The van der Waals surface area contributed by atoms with E-state index < -0.39 is 10.0 Å². The van der Waals surface area contributed by atoms with Gasteiger partial charge in [-0.25, -0.2) is 18.1 Å². The van der Waals surface area contributed by atoms with Gasteiger partial charge in [-0.1, -0.05) is 37.6 Å². The van der Waals surface area contributed by atoms with Gasteiger partial charge in [0, 0.05) is 56.2 Å². The molecule has 0 amide bonds. The third-order valence-electron chi connectivity index (χ3n) is 7.83. The van der Waals surface area contributed by atoms with Crippen molar-refractivity contribution in [2.75, 3.05) is 35.8 Å². The number of aromatic nitrogens is 4. The fourth-order valence-electron chi connectivity index (χ4n) is 5.40. The molecule has 1 aliphatic heterocycles. The molecular weight excluding hydrogens is 538 g/mol. The van der Waals surface area contributed by atoms with E-state index >= 15 is 0 Å². The van der Waals surface area contributed by atoms with Gasteiger partial charge in [-0.15, -0.1) is 0 Å². The van der Waals surface area contributed by atoms with Crippen LogP contribution in [0, 0.1) is 0 Å². The molecule has 10 nitrogen and oxygen atoms in total. The van der Waals surface area contributed by atoms with Crippen LogP contribution in [0.25, 0.3) is 11.3 Å². The van der Waals surface area contributed by atoms with Crippen LogP contribution in [0.1, 0.15) is 43.2 Å². The largest absolute Gasteiger partial charge is 0.439 e. The van der Waals surface area contributed by atoms with Gasteiger partial charge in [0.2, 0.25) is 11.8 Å². The summed E-state index contributed by atoms with van der Waals surface area (Å²) in [5.41, 5.74) is 4.85. The number of rotatable bonds is 9. The summed E-state index contributed by atoms with van der Waals surface area (Å²) in [6, 6.07) is 16.2. The number of benzene rings is 2. The third kappa shape index (κ3) is 5.77. The molecule has 41 heavy (non-hydrogen) atoms. The SMILES string of the molecule is CCc1c(Oc2ccc(N3CCNCC3)cc2)nc(NS(=O)(=O)c2cnn(C)c2)nc1-c1ccccc1C1CCC1. The van der Waals surface area contributed by atoms with E-state index in [4.69, 9.17) is 9.72 Å². The van der Waals surface area contributed by atoms with E-state index in [1.807, 2.05) is 43.3 Å². The fraction of sp³-hybridized carbons (Fsp3) is 0.367. The van der Waals surface area contributed by atoms with E-state index in [-0.39, 0.29) is 10.8 Å². The van der Waals surface area contributed by atoms with Crippen LogP contribution >= 0.6 is 0 Å². The van der Waals surface area contributed by atoms with E-state index in [2.05, 4.69) is 37.2 Å². The highest BCUT2D eigenvalue weighted by Crippen LogP contribution is 2.43. The Balaban J connectivity index is 1.40. The molecule has 11 heteroatoms. The number of nitrogens with one attached hydrogen (secondary N) is 2. The van der Waals surface area contributed by atoms with Crippen molar-refractivity contribution in [1.82, 2.24) is 25.1 Å². The minimum atomic E-state index is -3.96. The van der Waals surface area contributed by atoms with Crippen LogP contribution in [0.4, 0.5) is 11.6 Å². The molecule has 2 N–H and O–H groups in total. The molecular formula is C30H35N7O3S. The molecule has 3 heterocycles. The first-order valence-corrected chi connectivity index (χ1v) is 15.6. The Morgan fingerprint density at radius 3 is 2.46 bits per heavy atom. The van der Waals surface area contributed by atoms with Crippen LogP contribution in [0.5, 0.6) is 11.6 Å². The van der Waals surface area contributed by atoms with Gasteiger partial charge in [-0.05, 0) is 55.0 Å². The monoisotopic (exact) mass is 573 g/mol. The molecule has 0 spiro atoms. The Hall–Kier alpha value is -3.96. The van der Waals surface area contributed by atoms with E-state index in [0.717, 1.165) is 55.8 Å². The highest BCUT2D eigenvalue weighted by atomic mass is 32.2. The molecule has 2 aliphatic rings. The lowest BCUT2D eigenvalue weighted by atomic mass is 9.77. The molecule has 2 aromatic carbocycles. The molecule has 1 saturated heterocycles. The van der Waals surface area contributed by atoms with E-state index in [0.29, 0.717) is 29.7 Å². The first kappa shape index (κ1) is 27.2. The molecule has 0 unspecified atom stereocenters. The van der Waals surface area contributed by atoms with Crippen LogP contribution in [-0.4, -0.2) is 54.3 Å². The third-order valence-corrected chi connectivity index (χ3v) is 9.12. The second-order valence-electron chi connectivity index (χ2n) is 10.5. The summed E-state index contributed by atoms with van der Waals surface area (Å²) in [6.07, 6.45) is 6.82. The molecule has 2 aromatic heterocycles. The predicted octanol–water partition coefficient (Wildman–Crippen LogP) is 4.71. The average Bonchev–Trinajstić information content (AvgIpc) is 3.40. The lowest BCUT2D eigenvalue weighted by Gasteiger charge is -2.29. The minimum absolute atomic E-state index is 0.0329. The number of nitrogens with zero attached hydrogens (tertiary/aromatic N) is 5. The van der Waals surface area contributed by atoms with Gasteiger partial charge >= 0.3 is 0 Å². The van der Waals surface area contributed by atoms with Crippen LogP contribution < -0.4 is 19.7 Å². The van der Waals surface area contributed by atoms with Gasteiger partial charge in [-0.2, -0.15) is 10.1 Å². The first-order chi connectivity index (χ1) is 19.9. The number of hydrogen-bond acceptors (Lipinski definition) is 8. The summed E-state index contributed by atoms with van der Waals surface area (Å²) >= 11 is 0. The Labute approximate surface area is 240 Å². The Morgan fingerprint density at radius 2 is 1.80 bits per heavy atom. The van der Waals surface area contributed by atoms with E-state index in [1.54, 1.807) is 7.05 Å². The van der Waals surface area contributed by atoms with E-state index in [9.17, 15) is 8.42 Å². The van der Waals surface area contributed by atoms with Crippen molar-refractivity contribution in [2.45, 2.75) is 43.4 Å². The Kier molecular flexibility index (Phi) is 7.63. The topological polar surface area (TPSA) is 114 Å². The predicted molar refractivity (Wildman–Crippen MR) is 159 cm³/mol. The second-order valence-corrected chi connectivity index (χ2v) is 12.2. The summed E-state index contributed by atoms with van der Waals surface area (Å²) in [6.45, 7) is 5.87. The zero-order chi connectivity index (χ0) is 28.4. The number of ether oxygens (including phenoxy) is 1. The Morgan fingerprint density at radius 1 is 1.05 bits per heavy atom. The summed E-state index contributed by atoms with van der Waals surface area (Å²) in [5.74, 6) is 1.37. The van der Waals surface area contributed by atoms with Crippen molar-refractivity contribution in [3.05, 3.63) is 72.1 Å². The number of aryl methyl sites for hydroxylation is 1. The number of piperazine rings is 1. The van der Waals surface area contributed by atoms with Crippen molar-refractivity contribution in [1.29, 1.82) is 0 Å². The zero-order valence-electron chi connectivity index (χ0n) is 23.4. The number of hydrogen-bond donors (Lipinski definition) is 2. The molecule has 214 valence electrons. The molecule has 0 radical (unpaired) electrons. The van der Waals surface area contributed by atoms with Gasteiger partial charge in [0.05, 0.1) is 11.9 Å². The molecule has 0 atom stereocenters. The molecule has 2 fully saturated rings. The van der Waals surface area contributed by atoms with Crippen molar-refractivity contribution >= 4 is 21.7 Å². The highest BCUT2D eigenvalue weighted by molar-refractivity contribution is 7.92. The highest BCUT2D eigenvalue weighted by Gasteiger charge is 2.27. The molecule has 4 aromatic rings. The normalized spacial score (nSPS) is 15.9. The lowest BCUT2D eigenvalue weighted by Crippen LogP contribution is -2.43. The van der Waals surface area contributed by atoms with Gasteiger partial charge in [0.1, 0.15) is 10.6 Å². The van der Waals surface area contributed by atoms with Gasteiger partial charge in [-0.3, -0.25) is 4.68 Å². The minimum Gasteiger partial charge on any atom is -0.439 e. The fourth-order valence-corrected chi connectivity index (χ4v) is 6.33. The van der Waals surface area contributed by atoms with E-state index in [1.165, 1.54) is 29.1 Å². The molecule has 0 bridgehead atoms. The van der Waals surface area contributed by atoms with Gasteiger partial charge < -0.3 is 15.0 Å². The molecule has 1 saturated carbocycles. The maximum atomic E-state index is 13.2.